The fourth-order valence-corrected chi connectivity index (χ4v) is 3.38. The predicted octanol–water partition coefficient (Wildman–Crippen LogP) is 4.77. The fraction of sp³-hybridized carbons (Fsp3) is 0.300. The Balaban J connectivity index is 2.26. The second-order valence-corrected chi connectivity index (χ2v) is 7.69. The van der Waals surface area contributed by atoms with E-state index in [2.05, 4.69) is 10.1 Å². The molecule has 2 aromatic rings. The molecule has 0 saturated carbocycles. The summed E-state index contributed by atoms with van der Waals surface area (Å²) >= 11 is 2.03. The van der Waals surface area contributed by atoms with Crippen LogP contribution in [0.15, 0.2) is 42.5 Å². The van der Waals surface area contributed by atoms with Crippen LogP contribution in [-0.2, 0) is 39.5 Å². The minimum Gasteiger partial charge on any atom is -0.467 e. The molecule has 0 spiro atoms. The smallest absolute Gasteiger partial charge is 0.416 e. The molecule has 0 radical (unpaired) electrons. The SMILES string of the molecule is COC(=O)[C@H](Cc1ccccc1I)NC(=O)Cc1cc(C(F)(F)F)cc(C(F)(F)F)c1. The Labute approximate surface area is 187 Å². The summed E-state index contributed by atoms with van der Waals surface area (Å²) in [5, 5.41) is 2.33. The topological polar surface area (TPSA) is 55.4 Å². The van der Waals surface area contributed by atoms with Crippen molar-refractivity contribution in [2.45, 2.75) is 31.2 Å². The first-order chi connectivity index (χ1) is 14.3. The minimum atomic E-state index is -5.02. The van der Waals surface area contributed by atoms with Gasteiger partial charge in [0.05, 0.1) is 24.7 Å². The minimum absolute atomic E-state index is 0.0179. The molecular weight excluding hydrogens is 543 g/mol. The summed E-state index contributed by atoms with van der Waals surface area (Å²) < 4.78 is 83.4. The van der Waals surface area contributed by atoms with Crippen LogP contribution in [0, 0.1) is 3.57 Å². The average Bonchev–Trinajstić information content (AvgIpc) is 2.66. The van der Waals surface area contributed by atoms with Crippen LogP contribution < -0.4 is 5.32 Å². The number of hydrogen-bond acceptors (Lipinski definition) is 3. The lowest BCUT2D eigenvalue weighted by Gasteiger charge is -2.18. The van der Waals surface area contributed by atoms with Gasteiger partial charge in [-0.1, -0.05) is 18.2 Å². The van der Waals surface area contributed by atoms with Gasteiger partial charge in [-0.2, -0.15) is 26.3 Å². The first kappa shape index (κ1) is 25.0. The van der Waals surface area contributed by atoms with Gasteiger partial charge >= 0.3 is 18.3 Å². The molecule has 0 aliphatic heterocycles. The molecule has 1 amide bonds. The highest BCUT2D eigenvalue weighted by Crippen LogP contribution is 2.36. The van der Waals surface area contributed by atoms with Crippen LogP contribution in [-0.4, -0.2) is 25.0 Å². The van der Waals surface area contributed by atoms with E-state index in [0.717, 1.165) is 10.7 Å². The molecule has 31 heavy (non-hydrogen) atoms. The number of ether oxygens (including phenoxy) is 1. The maximum atomic E-state index is 13.0. The summed E-state index contributed by atoms with van der Waals surface area (Å²) in [6, 6.07) is 6.74. The summed E-state index contributed by atoms with van der Waals surface area (Å²) in [7, 11) is 1.10. The number of carbonyl (C=O) groups is 2. The first-order valence-corrected chi connectivity index (χ1v) is 9.78. The first-order valence-electron chi connectivity index (χ1n) is 8.70. The van der Waals surface area contributed by atoms with Gasteiger partial charge in [-0.3, -0.25) is 4.79 Å². The van der Waals surface area contributed by atoms with E-state index in [1.807, 2.05) is 22.6 Å². The predicted molar refractivity (Wildman–Crippen MR) is 107 cm³/mol. The summed E-state index contributed by atoms with van der Waals surface area (Å²) in [6.45, 7) is 0. The number of hydrogen-bond donors (Lipinski definition) is 1. The molecular formula is C20H16F6INO3. The van der Waals surface area contributed by atoms with Crippen LogP contribution in [0.4, 0.5) is 26.3 Å². The van der Waals surface area contributed by atoms with Crippen molar-refractivity contribution in [1.82, 2.24) is 5.32 Å². The van der Waals surface area contributed by atoms with Crippen LogP contribution in [0.3, 0.4) is 0 Å². The Morgan fingerprint density at radius 2 is 1.55 bits per heavy atom. The number of halogens is 7. The molecule has 0 aliphatic rings. The number of benzene rings is 2. The maximum Gasteiger partial charge on any atom is 0.416 e. The van der Waals surface area contributed by atoms with Crippen molar-refractivity contribution in [2.75, 3.05) is 7.11 Å². The van der Waals surface area contributed by atoms with Crippen molar-refractivity contribution in [3.63, 3.8) is 0 Å². The van der Waals surface area contributed by atoms with Gasteiger partial charge in [-0.05, 0) is 58.0 Å². The fourth-order valence-electron chi connectivity index (χ4n) is 2.77. The Morgan fingerprint density at radius 3 is 2.03 bits per heavy atom. The molecule has 2 aromatic carbocycles. The molecule has 1 N–H and O–H groups in total. The van der Waals surface area contributed by atoms with E-state index in [0.29, 0.717) is 17.7 Å². The number of nitrogens with one attached hydrogen (secondary N) is 1. The van der Waals surface area contributed by atoms with Gasteiger partial charge in [0, 0.05) is 9.99 Å². The highest BCUT2D eigenvalue weighted by Gasteiger charge is 2.37. The average molecular weight is 559 g/mol. The Bertz CT molecular complexity index is 926. The van der Waals surface area contributed by atoms with Gasteiger partial charge in [0.1, 0.15) is 6.04 Å². The third-order valence-electron chi connectivity index (χ3n) is 4.21. The number of methoxy groups -OCH3 is 1. The van der Waals surface area contributed by atoms with Gasteiger partial charge in [-0.25, -0.2) is 4.79 Å². The summed E-state index contributed by atoms with van der Waals surface area (Å²) in [6.07, 6.45) is -10.8. The Hall–Kier alpha value is -2.31. The van der Waals surface area contributed by atoms with Crippen molar-refractivity contribution < 1.29 is 40.7 Å². The number of esters is 1. The van der Waals surface area contributed by atoms with Crippen LogP contribution in [0.25, 0.3) is 0 Å². The molecule has 0 heterocycles. The molecule has 0 aromatic heterocycles. The zero-order chi connectivity index (χ0) is 23.4. The van der Waals surface area contributed by atoms with Gasteiger partial charge in [-0.15, -0.1) is 0 Å². The summed E-state index contributed by atoms with van der Waals surface area (Å²) in [4.78, 5) is 24.4. The van der Waals surface area contributed by atoms with Crippen LogP contribution in [0.1, 0.15) is 22.3 Å². The standard InChI is InChI=1S/C20H16F6INO3/c1-31-18(30)16(9-12-4-2-3-5-15(12)27)28-17(29)8-11-6-13(19(21,22)23)10-14(7-11)20(24,25)26/h2-7,10,16H,8-9H2,1H3,(H,28,29)/t16-/m0/s1. The highest BCUT2D eigenvalue weighted by atomic mass is 127. The molecule has 4 nitrogen and oxygen atoms in total. The third-order valence-corrected chi connectivity index (χ3v) is 5.27. The third kappa shape index (κ3) is 7.11. The van der Waals surface area contributed by atoms with Gasteiger partial charge in [0.2, 0.25) is 5.91 Å². The highest BCUT2D eigenvalue weighted by molar-refractivity contribution is 14.1. The molecule has 0 bridgehead atoms. The zero-order valence-corrected chi connectivity index (χ0v) is 18.1. The lowest BCUT2D eigenvalue weighted by atomic mass is 10.0. The zero-order valence-electron chi connectivity index (χ0n) is 15.9. The van der Waals surface area contributed by atoms with Crippen LogP contribution >= 0.6 is 22.6 Å². The maximum absolute atomic E-state index is 13.0. The number of carbonyl (C=O) groups excluding carboxylic acids is 2. The summed E-state index contributed by atoms with van der Waals surface area (Å²) in [5.74, 6) is -1.72. The second kappa shape index (κ2) is 9.88. The van der Waals surface area contributed by atoms with Crippen LogP contribution in [0.2, 0.25) is 0 Å². The van der Waals surface area contributed by atoms with Gasteiger partial charge in [0.15, 0.2) is 0 Å². The molecule has 168 valence electrons. The quantitative estimate of drug-likeness (QED) is 0.316. The number of rotatable bonds is 6. The largest absolute Gasteiger partial charge is 0.467 e. The van der Waals surface area contributed by atoms with Crippen molar-refractivity contribution in [3.8, 4) is 0 Å². The van der Waals surface area contributed by atoms with E-state index >= 15 is 0 Å². The normalized spacial score (nSPS) is 12.9. The molecule has 0 fully saturated rings. The van der Waals surface area contributed by atoms with Gasteiger partial charge in [0.25, 0.3) is 0 Å². The van der Waals surface area contributed by atoms with E-state index in [9.17, 15) is 35.9 Å². The number of amides is 1. The molecule has 2 rings (SSSR count). The second-order valence-electron chi connectivity index (χ2n) is 6.53. The molecule has 0 unspecified atom stereocenters. The monoisotopic (exact) mass is 559 g/mol. The van der Waals surface area contributed by atoms with Crippen molar-refractivity contribution >= 4 is 34.5 Å². The Kier molecular flexibility index (Phi) is 7.95. The lowest BCUT2D eigenvalue weighted by Crippen LogP contribution is -2.43. The molecule has 1 atom stereocenters. The molecule has 11 heteroatoms. The van der Waals surface area contributed by atoms with E-state index in [1.165, 1.54) is 0 Å². The molecule has 0 saturated heterocycles. The van der Waals surface area contributed by atoms with Crippen molar-refractivity contribution in [3.05, 3.63) is 68.3 Å². The number of alkyl halides is 6. The van der Waals surface area contributed by atoms with E-state index < -0.39 is 53.4 Å². The van der Waals surface area contributed by atoms with E-state index in [-0.39, 0.29) is 12.5 Å². The van der Waals surface area contributed by atoms with Crippen LogP contribution in [0.5, 0.6) is 0 Å². The van der Waals surface area contributed by atoms with E-state index in [4.69, 9.17) is 0 Å². The van der Waals surface area contributed by atoms with Crippen molar-refractivity contribution in [2.24, 2.45) is 0 Å². The molecule has 0 aliphatic carbocycles. The van der Waals surface area contributed by atoms with Gasteiger partial charge < -0.3 is 10.1 Å². The lowest BCUT2D eigenvalue weighted by molar-refractivity contribution is -0.145. The van der Waals surface area contributed by atoms with E-state index in [1.54, 1.807) is 24.3 Å². The Morgan fingerprint density at radius 1 is 1.00 bits per heavy atom. The summed E-state index contributed by atoms with van der Waals surface area (Å²) in [5.41, 5.74) is -2.82. The van der Waals surface area contributed by atoms with Crippen molar-refractivity contribution in [1.29, 1.82) is 0 Å².